The van der Waals surface area contributed by atoms with E-state index in [1.54, 1.807) is 0 Å². The fourth-order valence-corrected chi connectivity index (χ4v) is 5.78. The fraction of sp³-hybridized carbons (Fsp3) is 0.619. The highest BCUT2D eigenvalue weighted by Crippen LogP contribution is 2.52. The van der Waals surface area contributed by atoms with Gasteiger partial charge in [-0.1, -0.05) is 6.07 Å². The number of alkyl halides is 3. The number of amides is 2. The average Bonchev–Trinajstić information content (AvgIpc) is 3.33. The van der Waals surface area contributed by atoms with Gasteiger partial charge in [-0.2, -0.15) is 24.9 Å². The highest BCUT2D eigenvalue weighted by Gasteiger charge is 2.59. The van der Waals surface area contributed by atoms with E-state index >= 15 is 0 Å². The molecule has 164 valence electrons. The quantitative estimate of drug-likeness (QED) is 0.737. The van der Waals surface area contributed by atoms with E-state index in [4.69, 9.17) is 0 Å². The number of nitrogens with one attached hydrogen (secondary N) is 2. The van der Waals surface area contributed by atoms with E-state index in [0.29, 0.717) is 17.9 Å². The first kappa shape index (κ1) is 21.5. The Morgan fingerprint density at radius 3 is 2.63 bits per heavy atom. The molecule has 0 radical (unpaired) electrons. The number of anilines is 1. The molecule has 2 N–H and O–H groups in total. The molecule has 3 fully saturated rings. The Morgan fingerprint density at radius 1 is 1.13 bits per heavy atom. The molecule has 3 atom stereocenters. The van der Waals surface area contributed by atoms with E-state index in [9.17, 15) is 22.8 Å². The molecule has 2 heterocycles. The molecule has 1 aromatic rings. The lowest BCUT2D eigenvalue weighted by Gasteiger charge is -2.28. The third-order valence-electron chi connectivity index (χ3n) is 6.36. The Morgan fingerprint density at radius 2 is 1.90 bits per heavy atom. The number of fused-ring (bicyclic) bond motifs is 1. The number of rotatable bonds is 5. The minimum Gasteiger partial charge on any atom is -0.347 e. The summed E-state index contributed by atoms with van der Waals surface area (Å²) >= 11 is 2.02. The van der Waals surface area contributed by atoms with Gasteiger partial charge < -0.3 is 10.6 Å². The summed E-state index contributed by atoms with van der Waals surface area (Å²) in [5.74, 6) is 2.49. The molecule has 0 bridgehead atoms. The van der Waals surface area contributed by atoms with Crippen molar-refractivity contribution in [2.24, 2.45) is 17.8 Å². The van der Waals surface area contributed by atoms with Crippen molar-refractivity contribution in [3.63, 3.8) is 0 Å². The third kappa shape index (κ3) is 4.94. The van der Waals surface area contributed by atoms with Gasteiger partial charge in [0.15, 0.2) is 0 Å². The van der Waals surface area contributed by atoms with Crippen molar-refractivity contribution in [1.82, 2.24) is 10.2 Å². The van der Waals surface area contributed by atoms with Gasteiger partial charge in [0.25, 0.3) is 0 Å². The minimum absolute atomic E-state index is 0.0391. The van der Waals surface area contributed by atoms with Gasteiger partial charge >= 0.3 is 6.18 Å². The van der Waals surface area contributed by atoms with Gasteiger partial charge in [-0.3, -0.25) is 14.5 Å². The van der Waals surface area contributed by atoms with Crippen molar-refractivity contribution in [2.45, 2.75) is 31.5 Å². The number of halogens is 3. The number of nitrogens with zero attached hydrogens (tertiary/aromatic N) is 1. The number of piperidine rings is 1. The molecule has 1 saturated carbocycles. The normalized spacial score (nSPS) is 29.0. The molecule has 2 amide bonds. The summed E-state index contributed by atoms with van der Waals surface area (Å²) in [7, 11) is 0. The van der Waals surface area contributed by atoms with Crippen LogP contribution in [-0.4, -0.2) is 53.9 Å². The zero-order chi connectivity index (χ0) is 21.3. The maximum atomic E-state index is 12.8. The van der Waals surface area contributed by atoms with Gasteiger partial charge in [-0.05, 0) is 60.8 Å². The SMILES string of the molecule is O=C(CNC(=O)C1C2CN(C3CCCSCC3)CC21)Nc1cccc(C(F)(F)F)c1. The van der Waals surface area contributed by atoms with Crippen LogP contribution in [0, 0.1) is 17.8 Å². The van der Waals surface area contributed by atoms with Crippen LogP contribution in [0.2, 0.25) is 0 Å². The number of likely N-dealkylation sites (tertiary alicyclic amines) is 1. The van der Waals surface area contributed by atoms with Crippen molar-refractivity contribution < 1.29 is 22.8 Å². The Hall–Kier alpha value is -1.74. The van der Waals surface area contributed by atoms with E-state index in [1.807, 2.05) is 11.8 Å². The number of carbonyl (C=O) groups is 2. The van der Waals surface area contributed by atoms with Gasteiger partial charge in [-0.15, -0.1) is 0 Å². The zero-order valence-corrected chi connectivity index (χ0v) is 17.4. The number of benzene rings is 1. The first-order valence-electron chi connectivity index (χ1n) is 10.4. The molecule has 3 unspecified atom stereocenters. The van der Waals surface area contributed by atoms with Crippen LogP contribution in [0.25, 0.3) is 0 Å². The van der Waals surface area contributed by atoms with Crippen LogP contribution in [0.4, 0.5) is 18.9 Å². The van der Waals surface area contributed by atoms with Crippen molar-refractivity contribution in [1.29, 1.82) is 0 Å². The molecular formula is C21H26F3N3O2S. The van der Waals surface area contributed by atoms with E-state index in [2.05, 4.69) is 15.5 Å². The monoisotopic (exact) mass is 441 g/mol. The van der Waals surface area contributed by atoms with Crippen LogP contribution in [0.3, 0.4) is 0 Å². The van der Waals surface area contributed by atoms with Crippen LogP contribution >= 0.6 is 11.8 Å². The molecule has 3 aliphatic rings. The Balaban J connectivity index is 1.20. The van der Waals surface area contributed by atoms with Gasteiger partial charge in [0.05, 0.1) is 12.1 Å². The van der Waals surface area contributed by atoms with Crippen LogP contribution in [0.15, 0.2) is 24.3 Å². The summed E-state index contributed by atoms with van der Waals surface area (Å²) in [6.07, 6.45) is -0.760. The predicted octanol–water partition coefficient (Wildman–Crippen LogP) is 3.22. The second-order valence-corrected chi connectivity index (χ2v) is 9.57. The summed E-state index contributed by atoms with van der Waals surface area (Å²) in [6.45, 7) is 1.66. The van der Waals surface area contributed by atoms with Crippen molar-refractivity contribution in [2.75, 3.05) is 36.5 Å². The lowest BCUT2D eigenvalue weighted by Crippen LogP contribution is -2.39. The summed E-state index contributed by atoms with van der Waals surface area (Å²) in [4.78, 5) is 27.0. The maximum absolute atomic E-state index is 12.8. The van der Waals surface area contributed by atoms with Gasteiger partial charge in [-0.25, -0.2) is 0 Å². The lowest BCUT2D eigenvalue weighted by atomic mass is 10.1. The van der Waals surface area contributed by atoms with Crippen LogP contribution in [-0.2, 0) is 15.8 Å². The summed E-state index contributed by atoms with van der Waals surface area (Å²) in [6, 6.07) is 5.09. The van der Waals surface area contributed by atoms with Gasteiger partial charge in [0.2, 0.25) is 11.8 Å². The largest absolute Gasteiger partial charge is 0.416 e. The van der Waals surface area contributed by atoms with Crippen LogP contribution < -0.4 is 10.6 Å². The van der Waals surface area contributed by atoms with E-state index < -0.39 is 17.6 Å². The maximum Gasteiger partial charge on any atom is 0.416 e. The Bertz CT molecular complexity index is 784. The van der Waals surface area contributed by atoms with Crippen LogP contribution in [0.5, 0.6) is 0 Å². The molecule has 5 nitrogen and oxygen atoms in total. The average molecular weight is 442 g/mol. The molecule has 2 saturated heterocycles. The third-order valence-corrected chi connectivity index (χ3v) is 7.46. The molecule has 1 aromatic carbocycles. The second-order valence-electron chi connectivity index (χ2n) is 8.35. The summed E-state index contributed by atoms with van der Waals surface area (Å²) in [5, 5.41) is 5.06. The van der Waals surface area contributed by atoms with Gasteiger partial charge in [0, 0.05) is 30.7 Å². The number of thioether (sulfide) groups is 1. The summed E-state index contributed by atoms with van der Waals surface area (Å²) in [5.41, 5.74) is -0.767. The Kier molecular flexibility index (Phi) is 6.29. The molecular weight excluding hydrogens is 415 g/mol. The number of hydrogen-bond donors (Lipinski definition) is 2. The zero-order valence-electron chi connectivity index (χ0n) is 16.6. The highest BCUT2D eigenvalue weighted by atomic mass is 32.2. The second kappa shape index (κ2) is 8.78. The van der Waals surface area contributed by atoms with Crippen molar-refractivity contribution >= 4 is 29.3 Å². The molecule has 30 heavy (non-hydrogen) atoms. The van der Waals surface area contributed by atoms with E-state index in [0.717, 1.165) is 25.2 Å². The molecule has 0 spiro atoms. The molecule has 0 aromatic heterocycles. The lowest BCUT2D eigenvalue weighted by molar-refractivity contribution is -0.137. The van der Waals surface area contributed by atoms with Crippen molar-refractivity contribution in [3.05, 3.63) is 29.8 Å². The first-order chi connectivity index (χ1) is 14.3. The molecule has 2 aliphatic heterocycles. The fourth-order valence-electron chi connectivity index (χ4n) is 4.76. The highest BCUT2D eigenvalue weighted by molar-refractivity contribution is 7.99. The molecule has 4 rings (SSSR count). The van der Waals surface area contributed by atoms with E-state index in [1.165, 1.54) is 42.9 Å². The predicted molar refractivity (Wildman–Crippen MR) is 110 cm³/mol. The molecule has 1 aliphatic carbocycles. The number of carbonyl (C=O) groups excluding carboxylic acids is 2. The minimum atomic E-state index is -4.47. The standard InChI is InChI=1S/C21H26F3N3O2S/c22-21(23,24)13-3-1-4-14(9-13)26-18(28)10-25-20(29)19-16-11-27(12-17(16)19)15-5-2-7-30-8-6-15/h1,3-4,9,15-17,19H,2,5-8,10-12H2,(H,25,29)(H,26,28). The topological polar surface area (TPSA) is 61.4 Å². The Labute approximate surface area is 178 Å². The van der Waals surface area contributed by atoms with Gasteiger partial charge in [0.1, 0.15) is 0 Å². The van der Waals surface area contributed by atoms with Crippen LogP contribution in [0.1, 0.15) is 24.8 Å². The smallest absolute Gasteiger partial charge is 0.347 e. The summed E-state index contributed by atoms with van der Waals surface area (Å²) < 4.78 is 38.3. The number of hydrogen-bond acceptors (Lipinski definition) is 4. The molecule has 9 heteroatoms. The van der Waals surface area contributed by atoms with Crippen molar-refractivity contribution in [3.8, 4) is 0 Å². The van der Waals surface area contributed by atoms with E-state index in [-0.39, 0.29) is 24.1 Å². The first-order valence-corrected chi connectivity index (χ1v) is 11.5.